The van der Waals surface area contributed by atoms with E-state index < -0.39 is 22.6 Å². The van der Waals surface area contributed by atoms with Gasteiger partial charge in [0, 0.05) is 24.2 Å². The van der Waals surface area contributed by atoms with Crippen LogP contribution in [0.3, 0.4) is 0 Å². The van der Waals surface area contributed by atoms with Crippen LogP contribution in [0.5, 0.6) is 0 Å². The SMILES string of the molecule is CCN(N)/C(=N\N)NC(=O)C(=N)/C(Cl)=C(\C(=O)NC)c1ccc(Cl)cc1Cl. The van der Waals surface area contributed by atoms with Gasteiger partial charge in [-0.1, -0.05) is 40.9 Å². The first-order chi connectivity index (χ1) is 12.7. The summed E-state index contributed by atoms with van der Waals surface area (Å²) in [7, 11) is 1.37. The Labute approximate surface area is 170 Å². The molecule has 0 heterocycles. The van der Waals surface area contributed by atoms with E-state index in [2.05, 4.69) is 15.7 Å². The maximum absolute atomic E-state index is 12.3. The lowest BCUT2D eigenvalue weighted by molar-refractivity contribution is -0.115. The lowest BCUT2D eigenvalue weighted by atomic mass is 10.0. The zero-order chi connectivity index (χ0) is 20.7. The van der Waals surface area contributed by atoms with Gasteiger partial charge in [-0.2, -0.15) is 0 Å². The first-order valence-corrected chi connectivity index (χ1v) is 8.58. The molecule has 2 amide bonds. The molecule has 0 aromatic heterocycles. The van der Waals surface area contributed by atoms with Gasteiger partial charge in [0.1, 0.15) is 5.71 Å². The number of carbonyl (C=O) groups excluding carboxylic acids is 2. The Kier molecular flexibility index (Phi) is 8.51. The first-order valence-electron chi connectivity index (χ1n) is 7.45. The van der Waals surface area contributed by atoms with E-state index in [1.807, 2.05) is 0 Å². The van der Waals surface area contributed by atoms with Gasteiger partial charge in [0.25, 0.3) is 11.8 Å². The first kappa shape index (κ1) is 22.7. The summed E-state index contributed by atoms with van der Waals surface area (Å²) in [4.78, 5) is 24.6. The van der Waals surface area contributed by atoms with Crippen molar-refractivity contribution in [3.63, 3.8) is 0 Å². The Bertz CT molecular complexity index is 824. The van der Waals surface area contributed by atoms with Crippen molar-refractivity contribution in [3.05, 3.63) is 38.8 Å². The Morgan fingerprint density at radius 1 is 1.30 bits per heavy atom. The molecular weight excluding hydrogens is 417 g/mol. The molecule has 146 valence electrons. The summed E-state index contributed by atoms with van der Waals surface area (Å²) < 4.78 is 0. The highest BCUT2D eigenvalue weighted by atomic mass is 35.5. The fourth-order valence-corrected chi connectivity index (χ4v) is 2.65. The normalized spacial score (nSPS) is 12.1. The van der Waals surface area contributed by atoms with Crippen LogP contribution < -0.4 is 22.3 Å². The number of carbonyl (C=O) groups is 2. The number of nitrogens with zero attached hydrogens (tertiary/aromatic N) is 2. The Morgan fingerprint density at radius 2 is 1.93 bits per heavy atom. The van der Waals surface area contributed by atoms with Gasteiger partial charge in [0.15, 0.2) is 0 Å². The summed E-state index contributed by atoms with van der Waals surface area (Å²) in [6.45, 7) is 1.98. The van der Waals surface area contributed by atoms with E-state index in [1.165, 1.54) is 25.2 Å². The minimum absolute atomic E-state index is 0.121. The van der Waals surface area contributed by atoms with Crippen LogP contribution in [0.4, 0.5) is 0 Å². The van der Waals surface area contributed by atoms with E-state index >= 15 is 0 Å². The van der Waals surface area contributed by atoms with Gasteiger partial charge in [-0.15, -0.1) is 5.10 Å². The second-order valence-corrected chi connectivity index (χ2v) is 6.18. The maximum Gasteiger partial charge on any atom is 0.277 e. The van der Waals surface area contributed by atoms with Crippen LogP contribution in [-0.2, 0) is 9.59 Å². The number of benzene rings is 1. The summed E-state index contributed by atoms with van der Waals surface area (Å²) >= 11 is 18.2. The van der Waals surface area contributed by atoms with E-state index in [4.69, 9.17) is 51.9 Å². The lowest BCUT2D eigenvalue weighted by Crippen LogP contribution is -2.50. The average Bonchev–Trinajstić information content (AvgIpc) is 2.65. The number of nitrogens with one attached hydrogen (secondary N) is 3. The number of hydrogen-bond acceptors (Lipinski definition) is 6. The van der Waals surface area contributed by atoms with Gasteiger partial charge in [0.05, 0.1) is 15.6 Å². The molecule has 27 heavy (non-hydrogen) atoms. The monoisotopic (exact) mass is 433 g/mol. The van der Waals surface area contributed by atoms with Crippen molar-refractivity contribution in [1.82, 2.24) is 15.6 Å². The van der Waals surface area contributed by atoms with E-state index in [0.29, 0.717) is 5.02 Å². The van der Waals surface area contributed by atoms with Gasteiger partial charge in [-0.3, -0.25) is 25.3 Å². The second-order valence-electron chi connectivity index (χ2n) is 4.96. The number of hydrogen-bond donors (Lipinski definition) is 5. The highest BCUT2D eigenvalue weighted by molar-refractivity contribution is 6.63. The summed E-state index contributed by atoms with van der Waals surface area (Å²) in [5.41, 5.74) is -0.691. The van der Waals surface area contributed by atoms with E-state index in [0.717, 1.165) is 5.01 Å². The van der Waals surface area contributed by atoms with Crippen LogP contribution in [-0.4, -0.2) is 42.1 Å². The van der Waals surface area contributed by atoms with Crippen LogP contribution in [0, 0.1) is 5.41 Å². The molecule has 0 saturated heterocycles. The molecule has 0 bridgehead atoms. The molecule has 0 saturated carbocycles. The van der Waals surface area contributed by atoms with Gasteiger partial charge in [-0.25, -0.2) is 5.84 Å². The van der Waals surface area contributed by atoms with Crippen molar-refractivity contribution in [3.8, 4) is 0 Å². The van der Waals surface area contributed by atoms with Crippen molar-refractivity contribution in [2.24, 2.45) is 16.8 Å². The summed E-state index contributed by atoms with van der Waals surface area (Å²) in [5.74, 6) is 8.98. The van der Waals surface area contributed by atoms with Crippen LogP contribution in [0.2, 0.25) is 10.0 Å². The number of halogens is 3. The third-order valence-corrected chi connectivity index (χ3v) is 4.21. The standard InChI is InChI=1S/C15H18Cl3N7O2/c1-3-25(21)15(24-20)23-14(27)12(19)11(18)10(13(26)22-2)8-5-4-7(16)6-9(8)17/h4-6,19H,3,20-21H2,1-2H3,(H,22,26)(H,23,24,27)/b11-10+,19-12?. The Hall–Kier alpha value is -2.33. The fourth-order valence-electron chi connectivity index (χ4n) is 1.87. The molecule has 0 spiro atoms. The van der Waals surface area contributed by atoms with Crippen LogP contribution in [0.1, 0.15) is 12.5 Å². The van der Waals surface area contributed by atoms with Crippen molar-refractivity contribution >= 4 is 63.9 Å². The number of hydrazone groups is 1. The molecule has 7 N–H and O–H groups in total. The molecule has 0 aliphatic carbocycles. The predicted molar refractivity (Wildman–Crippen MR) is 107 cm³/mol. The molecule has 0 fully saturated rings. The number of rotatable bonds is 5. The second kappa shape index (κ2) is 10.1. The molecule has 0 aliphatic rings. The van der Waals surface area contributed by atoms with Crippen molar-refractivity contribution in [2.75, 3.05) is 13.6 Å². The zero-order valence-electron chi connectivity index (χ0n) is 14.4. The molecule has 1 rings (SSSR count). The Morgan fingerprint density at radius 3 is 2.41 bits per heavy atom. The van der Waals surface area contributed by atoms with Crippen molar-refractivity contribution < 1.29 is 9.59 Å². The zero-order valence-corrected chi connectivity index (χ0v) is 16.7. The largest absolute Gasteiger partial charge is 0.355 e. The van der Waals surface area contributed by atoms with Gasteiger partial charge in [0.2, 0.25) is 5.96 Å². The fraction of sp³-hybridized carbons (Fsp3) is 0.200. The van der Waals surface area contributed by atoms with E-state index in [-0.39, 0.29) is 28.7 Å². The summed E-state index contributed by atoms with van der Waals surface area (Å²) in [5, 5.41) is 17.1. The molecule has 0 unspecified atom stereocenters. The summed E-state index contributed by atoms with van der Waals surface area (Å²) in [6.07, 6.45) is 0. The minimum Gasteiger partial charge on any atom is -0.355 e. The minimum atomic E-state index is -0.973. The third kappa shape index (κ3) is 5.57. The molecule has 1 aromatic carbocycles. The van der Waals surface area contributed by atoms with E-state index in [1.54, 1.807) is 6.92 Å². The lowest BCUT2D eigenvalue weighted by Gasteiger charge is -2.18. The van der Waals surface area contributed by atoms with Gasteiger partial charge >= 0.3 is 0 Å². The highest BCUT2D eigenvalue weighted by Crippen LogP contribution is 2.31. The summed E-state index contributed by atoms with van der Waals surface area (Å²) in [6, 6.07) is 4.35. The highest BCUT2D eigenvalue weighted by Gasteiger charge is 2.25. The molecule has 0 radical (unpaired) electrons. The number of guanidine groups is 1. The molecule has 0 aliphatic heterocycles. The van der Waals surface area contributed by atoms with Crippen LogP contribution in [0.25, 0.3) is 5.57 Å². The smallest absolute Gasteiger partial charge is 0.277 e. The van der Waals surface area contributed by atoms with Gasteiger partial charge in [-0.05, 0) is 19.1 Å². The van der Waals surface area contributed by atoms with Crippen molar-refractivity contribution in [2.45, 2.75) is 6.92 Å². The van der Waals surface area contributed by atoms with Gasteiger partial charge < -0.3 is 11.2 Å². The molecule has 0 atom stereocenters. The maximum atomic E-state index is 12.3. The third-order valence-electron chi connectivity index (χ3n) is 3.28. The van der Waals surface area contributed by atoms with Crippen molar-refractivity contribution in [1.29, 1.82) is 5.41 Å². The van der Waals surface area contributed by atoms with E-state index in [9.17, 15) is 9.59 Å². The molecule has 9 nitrogen and oxygen atoms in total. The quantitative estimate of drug-likeness (QED) is 0.155. The number of amides is 2. The molecule has 12 heteroatoms. The Balaban J connectivity index is 3.35. The molecular formula is C15H18Cl3N7O2. The average molecular weight is 435 g/mol. The predicted octanol–water partition coefficient (Wildman–Crippen LogP) is 1.25. The number of hydrazine groups is 1. The number of likely N-dealkylation sites (N-methyl/N-ethyl adjacent to an activating group) is 1. The number of nitrogens with two attached hydrogens (primary N) is 2. The topological polar surface area (TPSA) is 150 Å². The molecule has 1 aromatic rings. The van der Waals surface area contributed by atoms with Crippen LogP contribution in [0.15, 0.2) is 28.3 Å². The van der Waals surface area contributed by atoms with Crippen LogP contribution >= 0.6 is 34.8 Å².